The van der Waals surface area contributed by atoms with Crippen LogP contribution in [0.4, 0.5) is 5.69 Å². The lowest BCUT2D eigenvalue weighted by Gasteiger charge is -2.29. The molecular weight excluding hydrogens is 681 g/mol. The Labute approximate surface area is 311 Å². The highest BCUT2D eigenvalue weighted by Crippen LogP contribution is 2.30. The molecule has 1 saturated heterocycles. The molecule has 6 heterocycles. The van der Waals surface area contributed by atoms with Gasteiger partial charge in [0.05, 0.1) is 53.1 Å². The van der Waals surface area contributed by atoms with E-state index in [2.05, 4.69) is 37.1 Å². The number of aromatic amines is 1. The molecule has 12 heteroatoms. The van der Waals surface area contributed by atoms with Crippen molar-refractivity contribution in [2.45, 2.75) is 52.5 Å². The smallest absolute Gasteiger partial charge is 0.255 e. The van der Waals surface area contributed by atoms with Crippen LogP contribution < -0.4 is 10.1 Å². The van der Waals surface area contributed by atoms with Gasteiger partial charge in [0.2, 0.25) is 5.88 Å². The number of imidazole rings is 1. The van der Waals surface area contributed by atoms with Gasteiger partial charge in [0.15, 0.2) is 0 Å². The fraction of sp³-hybridized carbons (Fsp3) is 0.262. The van der Waals surface area contributed by atoms with E-state index in [4.69, 9.17) is 23.9 Å². The zero-order chi connectivity index (χ0) is 36.8. The van der Waals surface area contributed by atoms with Crippen LogP contribution in [0.2, 0.25) is 0 Å². The maximum absolute atomic E-state index is 13.2. The summed E-state index contributed by atoms with van der Waals surface area (Å²) >= 11 is 0. The lowest BCUT2D eigenvalue weighted by molar-refractivity contribution is -0.0591. The molecule has 0 saturated carbocycles. The first-order valence-corrected chi connectivity index (χ1v) is 18.2. The maximum Gasteiger partial charge on any atom is 0.255 e. The maximum atomic E-state index is 13.2. The molecule has 2 aliphatic heterocycles. The van der Waals surface area contributed by atoms with Gasteiger partial charge in [-0.3, -0.25) is 14.8 Å². The number of pyridine rings is 1. The molecule has 0 spiro atoms. The van der Waals surface area contributed by atoms with Crippen molar-refractivity contribution in [2.75, 3.05) is 25.0 Å². The van der Waals surface area contributed by atoms with Gasteiger partial charge in [-0.2, -0.15) is 10.4 Å². The summed E-state index contributed by atoms with van der Waals surface area (Å²) in [4.78, 5) is 25.6. The number of ether oxygens (including phenoxy) is 2. The van der Waals surface area contributed by atoms with Crippen LogP contribution >= 0.6 is 0 Å². The number of rotatable bonds is 10. The molecule has 9 rings (SSSR count). The number of fused-ring (bicyclic) bond motifs is 3. The van der Waals surface area contributed by atoms with Crippen LogP contribution in [0.1, 0.15) is 57.3 Å². The van der Waals surface area contributed by atoms with E-state index in [1.165, 1.54) is 5.57 Å². The number of nitrogens with one attached hydrogen (secondary N) is 2. The topological polar surface area (TPSA) is 147 Å². The van der Waals surface area contributed by atoms with E-state index in [9.17, 15) is 10.1 Å². The third-order valence-corrected chi connectivity index (χ3v) is 10.4. The Morgan fingerprint density at radius 1 is 1.06 bits per heavy atom. The summed E-state index contributed by atoms with van der Waals surface area (Å²) < 4.78 is 20.1. The van der Waals surface area contributed by atoms with Gasteiger partial charge in [-0.15, -0.1) is 0 Å². The van der Waals surface area contributed by atoms with Gasteiger partial charge in [0.1, 0.15) is 23.8 Å². The third kappa shape index (κ3) is 6.48. The van der Waals surface area contributed by atoms with Crippen molar-refractivity contribution < 1.29 is 18.7 Å². The molecular formula is C42H38N8O4. The zero-order valence-corrected chi connectivity index (χ0v) is 30.1. The number of hydrogen-bond acceptors (Lipinski definition) is 9. The first-order valence-electron chi connectivity index (χ1n) is 18.2. The summed E-state index contributed by atoms with van der Waals surface area (Å²) in [6.07, 6.45) is 4.27. The molecule has 2 aliphatic rings. The molecule has 270 valence electrons. The van der Waals surface area contributed by atoms with Gasteiger partial charge in [-0.1, -0.05) is 18.2 Å². The first kappa shape index (κ1) is 33.5. The molecule has 7 aromatic rings. The summed E-state index contributed by atoms with van der Waals surface area (Å²) in [6, 6.07) is 25.1. The molecule has 3 aromatic carbocycles. The summed E-state index contributed by atoms with van der Waals surface area (Å²) in [5, 5.41) is 21.5. The normalized spacial score (nSPS) is 16.0. The minimum absolute atomic E-state index is 0.168. The van der Waals surface area contributed by atoms with E-state index in [0.717, 1.165) is 94.9 Å². The SMILES string of the molecule is Cc1cc2c(C#N)ccc(COc3cccc(C4=CCN(Cc5nc6cc(NC(=O)c7ccc8n[nH]c(C)c8c7)ccc6n5C[C@@H]5CCO5)CC4)n3)c2o1. The number of benzene rings is 3. The number of aryl methyl sites for hydroxylation is 2. The van der Waals surface area contributed by atoms with Crippen molar-refractivity contribution in [3.63, 3.8) is 0 Å². The second kappa shape index (κ2) is 13.9. The average Bonchev–Trinajstić information content (AvgIpc) is 3.85. The Morgan fingerprint density at radius 2 is 1.96 bits per heavy atom. The monoisotopic (exact) mass is 718 g/mol. The van der Waals surface area contributed by atoms with Crippen LogP contribution in [0, 0.1) is 25.2 Å². The molecule has 1 amide bonds. The van der Waals surface area contributed by atoms with Crippen molar-refractivity contribution in [1.29, 1.82) is 5.26 Å². The molecule has 1 atom stereocenters. The number of furan rings is 1. The molecule has 0 bridgehead atoms. The van der Waals surface area contributed by atoms with Crippen LogP contribution in [-0.2, 0) is 24.4 Å². The summed E-state index contributed by atoms with van der Waals surface area (Å²) in [5.74, 6) is 2.08. The van der Waals surface area contributed by atoms with Crippen LogP contribution in [0.15, 0.2) is 83.3 Å². The van der Waals surface area contributed by atoms with Crippen molar-refractivity contribution in [3.05, 3.63) is 119 Å². The van der Waals surface area contributed by atoms with E-state index in [1.54, 1.807) is 12.1 Å². The number of amides is 1. The number of H-pyrrole nitrogens is 1. The fourth-order valence-corrected chi connectivity index (χ4v) is 7.32. The molecule has 0 radical (unpaired) electrons. The minimum Gasteiger partial charge on any atom is -0.473 e. The highest BCUT2D eigenvalue weighted by Gasteiger charge is 2.24. The van der Waals surface area contributed by atoms with E-state index in [1.807, 2.05) is 74.5 Å². The van der Waals surface area contributed by atoms with E-state index in [0.29, 0.717) is 34.8 Å². The Bertz CT molecular complexity index is 2640. The molecule has 12 nitrogen and oxygen atoms in total. The molecule has 2 N–H and O–H groups in total. The minimum atomic E-state index is -0.182. The Kier molecular flexibility index (Phi) is 8.65. The largest absolute Gasteiger partial charge is 0.473 e. The number of nitrogens with zero attached hydrogens (tertiary/aromatic N) is 6. The van der Waals surface area contributed by atoms with Gasteiger partial charge in [-0.05, 0) is 86.9 Å². The summed E-state index contributed by atoms with van der Waals surface area (Å²) in [7, 11) is 0. The Hall–Kier alpha value is -6.29. The second-order valence-electron chi connectivity index (χ2n) is 14.0. The van der Waals surface area contributed by atoms with Crippen LogP contribution in [0.3, 0.4) is 0 Å². The lowest BCUT2D eigenvalue weighted by atomic mass is 10.0. The van der Waals surface area contributed by atoms with Gasteiger partial charge in [-0.25, -0.2) is 9.97 Å². The number of carbonyl (C=O) groups is 1. The standard InChI is InChI=1S/C42H38N8O4/c1-25-18-34-29(21-43)6-7-30(41(34)54-25)24-53-40-5-3-4-35(46-40)27-12-15-49(16-13-27)23-39-45-37-20-31(9-11-38(37)50(39)22-32-14-17-52-32)44-42(51)28-8-10-36-33(19-28)26(2)47-48-36/h3-12,18-20,32H,13-17,22-24H2,1-2H3,(H,44,51)(H,47,48)/t32-/m0/s1. The molecule has 4 aromatic heterocycles. The summed E-state index contributed by atoms with van der Waals surface area (Å²) in [5.41, 5.74) is 9.08. The van der Waals surface area contributed by atoms with Gasteiger partial charge in [0, 0.05) is 59.0 Å². The van der Waals surface area contributed by atoms with E-state index < -0.39 is 0 Å². The van der Waals surface area contributed by atoms with Crippen LogP contribution in [0.25, 0.3) is 38.5 Å². The predicted octanol–water partition coefficient (Wildman–Crippen LogP) is 7.45. The number of carbonyl (C=O) groups excluding carboxylic acids is 1. The highest BCUT2D eigenvalue weighted by molar-refractivity contribution is 6.07. The zero-order valence-electron chi connectivity index (χ0n) is 30.1. The van der Waals surface area contributed by atoms with Crippen molar-refractivity contribution in [1.82, 2.24) is 29.6 Å². The first-order chi connectivity index (χ1) is 26.4. The van der Waals surface area contributed by atoms with Crippen molar-refractivity contribution in [2.24, 2.45) is 0 Å². The average molecular weight is 719 g/mol. The summed E-state index contributed by atoms with van der Waals surface area (Å²) in [6.45, 7) is 7.91. The predicted molar refractivity (Wildman–Crippen MR) is 205 cm³/mol. The van der Waals surface area contributed by atoms with Crippen LogP contribution in [0.5, 0.6) is 5.88 Å². The molecule has 0 aliphatic carbocycles. The van der Waals surface area contributed by atoms with Crippen LogP contribution in [-0.4, -0.2) is 61.3 Å². The van der Waals surface area contributed by atoms with Gasteiger partial charge < -0.3 is 23.8 Å². The van der Waals surface area contributed by atoms with Gasteiger partial charge in [0.25, 0.3) is 5.91 Å². The Morgan fingerprint density at radius 3 is 2.78 bits per heavy atom. The molecule has 0 unspecified atom stereocenters. The Balaban J connectivity index is 0.889. The van der Waals surface area contributed by atoms with Gasteiger partial charge >= 0.3 is 0 Å². The molecule has 54 heavy (non-hydrogen) atoms. The number of hydrogen-bond donors (Lipinski definition) is 2. The number of anilines is 1. The second-order valence-corrected chi connectivity index (χ2v) is 14.0. The van der Waals surface area contributed by atoms with Crippen molar-refractivity contribution in [3.8, 4) is 11.9 Å². The van der Waals surface area contributed by atoms with E-state index in [-0.39, 0.29) is 18.6 Å². The van der Waals surface area contributed by atoms with E-state index >= 15 is 0 Å². The molecule has 1 fully saturated rings. The number of aromatic nitrogens is 5. The highest BCUT2D eigenvalue weighted by atomic mass is 16.5. The fourth-order valence-electron chi connectivity index (χ4n) is 7.32. The van der Waals surface area contributed by atoms with Crippen molar-refractivity contribution >= 4 is 50.1 Å². The quantitative estimate of drug-likeness (QED) is 0.147. The third-order valence-electron chi connectivity index (χ3n) is 10.4. The number of nitriles is 1. The lowest BCUT2D eigenvalue weighted by Crippen LogP contribution is -2.33.